The average molecular weight is 384 g/mol. The lowest BCUT2D eigenvalue weighted by Gasteiger charge is -2.07. The van der Waals surface area contributed by atoms with Gasteiger partial charge >= 0.3 is 11.9 Å². The number of carboxylic acid groups (broad SMARTS) is 1. The van der Waals surface area contributed by atoms with Crippen molar-refractivity contribution < 1.29 is 32.0 Å². The molecule has 0 saturated carbocycles. The van der Waals surface area contributed by atoms with Crippen LogP contribution >= 0.6 is 0 Å². The van der Waals surface area contributed by atoms with Crippen molar-refractivity contribution >= 4 is 22.1 Å². The van der Waals surface area contributed by atoms with Crippen LogP contribution in [0.1, 0.15) is 20.3 Å². The van der Waals surface area contributed by atoms with Crippen LogP contribution in [0.3, 0.4) is 0 Å². The maximum Gasteiger partial charge on any atom is 0.330 e. The maximum atomic E-state index is 10.3. The first kappa shape index (κ1) is 31.1. The van der Waals surface area contributed by atoms with Crippen molar-refractivity contribution in [2.75, 3.05) is 40.2 Å². The van der Waals surface area contributed by atoms with Gasteiger partial charge in [-0.1, -0.05) is 20.1 Å². The quantitative estimate of drug-likeness (QED) is 0.283. The molecule has 25 heavy (non-hydrogen) atoms. The fourth-order valence-electron chi connectivity index (χ4n) is 0.402. The third-order valence-electron chi connectivity index (χ3n) is 1.44. The largest absolute Gasteiger partial charge is 0.478 e. The Balaban J connectivity index is -0.000000123. The molecule has 0 aromatic carbocycles. The van der Waals surface area contributed by atoms with Gasteiger partial charge in [-0.05, 0) is 34.0 Å². The lowest BCUT2D eigenvalue weighted by atomic mass is 10.5. The number of carbonyl (C=O) groups excluding carboxylic acids is 1. The molecule has 9 nitrogen and oxygen atoms in total. The van der Waals surface area contributed by atoms with Crippen LogP contribution < -0.4 is 5.73 Å². The van der Waals surface area contributed by atoms with E-state index in [0.717, 1.165) is 31.4 Å². The minimum atomic E-state index is -3.26. The summed E-state index contributed by atoms with van der Waals surface area (Å²) in [6, 6.07) is 0. The molecule has 0 aliphatic heterocycles. The van der Waals surface area contributed by atoms with E-state index in [4.69, 9.17) is 10.8 Å². The summed E-state index contributed by atoms with van der Waals surface area (Å²) in [6.07, 6.45) is 4.10. The normalized spacial score (nSPS) is 9.08. The molecule has 3 N–H and O–H groups in total. The highest BCUT2D eigenvalue weighted by Gasteiger charge is 2.00. The number of carbonyl (C=O) groups is 2. The molecule has 0 spiro atoms. The van der Waals surface area contributed by atoms with Crippen LogP contribution in [0, 0.1) is 0 Å². The van der Waals surface area contributed by atoms with Gasteiger partial charge < -0.3 is 15.6 Å². The first-order chi connectivity index (χ1) is 11.4. The van der Waals surface area contributed by atoms with Crippen molar-refractivity contribution in [1.29, 1.82) is 0 Å². The molecule has 0 fully saturated rings. The smallest absolute Gasteiger partial charge is 0.330 e. The van der Waals surface area contributed by atoms with E-state index in [1.165, 1.54) is 0 Å². The van der Waals surface area contributed by atoms with Gasteiger partial charge in [-0.25, -0.2) is 9.59 Å². The number of nitrogens with zero attached hydrogens (tertiary/aromatic N) is 1. The molecule has 0 aliphatic carbocycles. The van der Waals surface area contributed by atoms with Crippen LogP contribution in [0.25, 0.3) is 0 Å². The number of nitrogens with two attached hydrogens (primary N) is 1. The van der Waals surface area contributed by atoms with Crippen molar-refractivity contribution in [3.8, 4) is 0 Å². The predicted molar refractivity (Wildman–Crippen MR) is 98.5 cm³/mol. The lowest BCUT2D eigenvalue weighted by molar-refractivity contribution is -0.137. The molecule has 0 aromatic heterocycles. The van der Waals surface area contributed by atoms with E-state index in [-0.39, 0.29) is 12.7 Å². The zero-order chi connectivity index (χ0) is 20.9. The second-order valence-corrected chi connectivity index (χ2v) is 5.96. The number of carboxylic acids is 1. The van der Waals surface area contributed by atoms with E-state index >= 15 is 0 Å². The van der Waals surface area contributed by atoms with Crippen molar-refractivity contribution in [2.24, 2.45) is 5.73 Å². The molecule has 0 bridgehead atoms. The Bertz CT molecular complexity index is 447. The number of ether oxygens (including phenoxy) is 1. The van der Waals surface area contributed by atoms with Crippen LogP contribution in [0.15, 0.2) is 25.3 Å². The molecule has 10 heteroatoms. The van der Waals surface area contributed by atoms with Gasteiger partial charge in [-0.2, -0.15) is 8.42 Å². The summed E-state index contributed by atoms with van der Waals surface area (Å²) in [5, 5.41) is 7.60. The van der Waals surface area contributed by atoms with E-state index in [1.807, 2.05) is 0 Å². The molecule has 0 aliphatic rings. The van der Waals surface area contributed by atoms with Crippen LogP contribution in [-0.2, 0) is 28.6 Å². The van der Waals surface area contributed by atoms with Gasteiger partial charge in [0.05, 0.1) is 12.9 Å². The molecule has 0 amide bonds. The summed E-state index contributed by atoms with van der Waals surface area (Å²) in [5.74, 6) is -1.34. The van der Waals surface area contributed by atoms with Gasteiger partial charge in [0.2, 0.25) is 0 Å². The molecule has 0 unspecified atom stereocenters. The molecule has 150 valence electrons. The van der Waals surface area contributed by atoms with Crippen LogP contribution in [0.4, 0.5) is 0 Å². The van der Waals surface area contributed by atoms with Crippen molar-refractivity contribution in [3.05, 3.63) is 25.3 Å². The molecule has 0 atom stereocenters. The highest BCUT2D eigenvalue weighted by Crippen LogP contribution is 1.86. The fraction of sp³-hybridized carbons (Fsp3) is 0.600. The summed E-state index contributed by atoms with van der Waals surface area (Å²) in [4.78, 5) is 20.9. The van der Waals surface area contributed by atoms with Crippen molar-refractivity contribution in [3.63, 3.8) is 0 Å². The summed E-state index contributed by atoms with van der Waals surface area (Å²) in [6.45, 7) is 11.3. The lowest BCUT2D eigenvalue weighted by Crippen LogP contribution is -2.18. The fourth-order valence-corrected chi connectivity index (χ4v) is 0.805. The Morgan fingerprint density at radius 3 is 1.68 bits per heavy atom. The third-order valence-corrected chi connectivity index (χ3v) is 1.98. The van der Waals surface area contributed by atoms with Gasteiger partial charge in [-0.15, -0.1) is 0 Å². The minimum Gasteiger partial charge on any atom is -0.478 e. The molecule has 0 rings (SSSR count). The van der Waals surface area contributed by atoms with E-state index in [0.29, 0.717) is 6.61 Å². The van der Waals surface area contributed by atoms with Gasteiger partial charge in [0.15, 0.2) is 0 Å². The second-order valence-electron chi connectivity index (χ2n) is 4.32. The van der Waals surface area contributed by atoms with E-state index in [9.17, 15) is 18.0 Å². The first-order valence-corrected chi connectivity index (χ1v) is 9.07. The van der Waals surface area contributed by atoms with E-state index in [1.54, 1.807) is 25.9 Å². The number of esters is 1. The number of aliphatic carboxylic acids is 1. The minimum absolute atomic E-state index is 0.110. The topological polar surface area (TPSA) is 136 Å². The van der Waals surface area contributed by atoms with Crippen LogP contribution in [0.5, 0.6) is 0 Å². The van der Waals surface area contributed by atoms with Crippen LogP contribution in [0.2, 0.25) is 0 Å². The summed E-state index contributed by atoms with van der Waals surface area (Å²) in [7, 11) is 0.194. The molecular formula is C15H32N2O7S. The van der Waals surface area contributed by atoms with Gasteiger partial charge in [0, 0.05) is 12.2 Å². The number of hydrogen-bond donors (Lipinski definition) is 2. The SMILES string of the molecule is C=CC(=O)O.C=CC(=O)OCC.CCCN.CN(C)COS(C)(=O)=O. The zero-order valence-corrected chi connectivity index (χ0v) is 16.5. The molecular weight excluding hydrogens is 352 g/mol. The Morgan fingerprint density at radius 2 is 1.60 bits per heavy atom. The molecule has 0 radical (unpaired) electrons. The van der Waals surface area contributed by atoms with Crippen LogP contribution in [-0.4, -0.2) is 70.6 Å². The van der Waals surface area contributed by atoms with Gasteiger partial charge in [-0.3, -0.25) is 9.08 Å². The molecule has 0 saturated heterocycles. The summed E-state index contributed by atoms with van der Waals surface area (Å²) >= 11 is 0. The Labute approximate surface area is 151 Å². The van der Waals surface area contributed by atoms with E-state index < -0.39 is 16.1 Å². The monoisotopic (exact) mass is 384 g/mol. The Morgan fingerprint density at radius 1 is 1.20 bits per heavy atom. The summed E-state index contributed by atoms with van der Waals surface area (Å²) < 4.78 is 29.4. The van der Waals surface area contributed by atoms with Gasteiger partial charge in [0.1, 0.15) is 6.73 Å². The van der Waals surface area contributed by atoms with Gasteiger partial charge in [0.25, 0.3) is 10.1 Å². The maximum absolute atomic E-state index is 10.3. The number of rotatable bonds is 7. The summed E-state index contributed by atoms with van der Waals surface area (Å²) in [5.41, 5.74) is 5.03. The van der Waals surface area contributed by atoms with Crippen molar-refractivity contribution in [2.45, 2.75) is 20.3 Å². The zero-order valence-electron chi connectivity index (χ0n) is 15.7. The predicted octanol–water partition coefficient (Wildman–Crippen LogP) is 0.829. The number of hydrogen-bond acceptors (Lipinski definition) is 8. The highest BCUT2D eigenvalue weighted by atomic mass is 32.2. The van der Waals surface area contributed by atoms with Crippen molar-refractivity contribution in [1.82, 2.24) is 4.90 Å². The third kappa shape index (κ3) is 60.8. The Kier molecular flexibility index (Phi) is 27.6. The first-order valence-electron chi connectivity index (χ1n) is 7.25. The molecule has 0 heterocycles. The standard InChI is InChI=1S/C5H8O2.C4H11NO3S.C3H9N.C3H4O2/c1-3-5(6)7-4-2;1-5(2)4-8-9(3,6)7;1-2-3-4;1-2-3(4)5/h3H,1,4H2,2H3;4H2,1-3H3;2-4H2,1H3;2H,1H2,(H,4,5). The molecule has 0 aromatic rings. The highest BCUT2D eigenvalue weighted by molar-refractivity contribution is 7.85. The van der Waals surface area contributed by atoms with E-state index in [2.05, 4.69) is 29.0 Å². The average Bonchev–Trinajstić information content (AvgIpc) is 2.53. The second kappa shape index (κ2) is 22.2. The Hall–Kier alpha value is -1.75.